The standard InChI is InChI=1S/C26H25ClN4O3/c1-2-20-21(25(33)31(28-20)19-13-11-17(27)12-14-19)22-23(29-15-7-4-8-16-29)26(34)30(24(22)32)18-9-5-3-6-10-18/h4,7-8,11-16,18H,2-3,5-6,9-10H2,1H3/p+1. The van der Waals surface area contributed by atoms with Gasteiger partial charge in [-0.1, -0.05) is 43.9 Å². The molecule has 1 aliphatic heterocycles. The number of aromatic nitrogens is 3. The van der Waals surface area contributed by atoms with Crippen LogP contribution in [-0.4, -0.2) is 32.5 Å². The zero-order chi connectivity index (χ0) is 23.8. The number of hydrogen-bond donors (Lipinski definition) is 1. The number of aryl methyl sites for hydroxylation is 1. The maximum atomic E-state index is 13.9. The van der Waals surface area contributed by atoms with Crippen LogP contribution < -0.4 is 10.1 Å². The first-order valence-electron chi connectivity index (χ1n) is 11.7. The van der Waals surface area contributed by atoms with Crippen LogP contribution in [0.5, 0.6) is 0 Å². The lowest BCUT2D eigenvalue weighted by Crippen LogP contribution is -2.45. The Hall–Kier alpha value is -3.45. The Morgan fingerprint density at radius 3 is 2.29 bits per heavy atom. The Kier molecular flexibility index (Phi) is 5.96. The highest BCUT2D eigenvalue weighted by Crippen LogP contribution is 2.35. The molecule has 0 saturated heterocycles. The van der Waals surface area contributed by atoms with Gasteiger partial charge in [-0.2, -0.15) is 4.57 Å². The highest BCUT2D eigenvalue weighted by Gasteiger charge is 2.49. The number of imide groups is 1. The smallest absolute Gasteiger partial charge is 0.294 e. The van der Waals surface area contributed by atoms with Crippen LogP contribution in [0.3, 0.4) is 0 Å². The van der Waals surface area contributed by atoms with E-state index in [9.17, 15) is 14.4 Å². The van der Waals surface area contributed by atoms with E-state index >= 15 is 0 Å². The number of aromatic amines is 1. The molecule has 3 aromatic rings. The average Bonchev–Trinajstić information content (AvgIpc) is 3.32. The third kappa shape index (κ3) is 3.70. The van der Waals surface area contributed by atoms with Crippen LogP contribution in [-0.2, 0) is 16.0 Å². The Bertz CT molecular complexity index is 1330. The summed E-state index contributed by atoms with van der Waals surface area (Å²) in [5.74, 6) is -0.735. The first kappa shape index (κ1) is 22.3. The fourth-order valence-electron chi connectivity index (χ4n) is 4.99. The lowest BCUT2D eigenvalue weighted by molar-refractivity contribution is -0.576. The zero-order valence-corrected chi connectivity index (χ0v) is 19.7. The molecule has 0 bridgehead atoms. The molecule has 0 spiro atoms. The van der Waals surface area contributed by atoms with E-state index in [1.807, 2.05) is 13.0 Å². The molecular formula is C26H26ClN4O3+. The maximum absolute atomic E-state index is 13.9. The molecule has 2 aromatic heterocycles. The minimum absolute atomic E-state index is 0.145. The van der Waals surface area contributed by atoms with Gasteiger partial charge in [-0.25, -0.2) is 4.68 Å². The summed E-state index contributed by atoms with van der Waals surface area (Å²) in [6.07, 6.45) is 8.63. The largest absolute Gasteiger partial charge is 0.327 e. The van der Waals surface area contributed by atoms with Crippen LogP contribution in [0.1, 0.15) is 50.3 Å². The third-order valence-corrected chi connectivity index (χ3v) is 6.91. The number of nitrogens with zero attached hydrogens (tertiary/aromatic N) is 3. The Balaban J connectivity index is 1.71. The van der Waals surface area contributed by atoms with Gasteiger partial charge in [0, 0.05) is 28.9 Å². The Labute approximate surface area is 202 Å². The average molecular weight is 478 g/mol. The van der Waals surface area contributed by atoms with Crippen LogP contribution in [0.4, 0.5) is 0 Å². The maximum Gasteiger partial charge on any atom is 0.327 e. The molecule has 7 nitrogen and oxygen atoms in total. The van der Waals surface area contributed by atoms with Gasteiger partial charge in [-0.3, -0.25) is 24.4 Å². The van der Waals surface area contributed by atoms with Gasteiger partial charge < -0.3 is 0 Å². The predicted molar refractivity (Wildman–Crippen MR) is 129 cm³/mol. The molecule has 2 amide bonds. The SMILES string of the molecule is CCc1[nH]n(-c2ccc(Cl)cc2)c(=O)c1C1=C([n+]2ccccc2)C(=O)N(C2CCCCC2)C1=O. The molecule has 0 unspecified atom stereocenters. The molecule has 174 valence electrons. The van der Waals surface area contributed by atoms with Gasteiger partial charge in [0.2, 0.25) is 0 Å². The Morgan fingerprint density at radius 2 is 1.65 bits per heavy atom. The van der Waals surface area contributed by atoms with Crippen molar-refractivity contribution in [3.8, 4) is 5.69 Å². The topological polar surface area (TPSA) is 79.1 Å². The zero-order valence-electron chi connectivity index (χ0n) is 19.0. The minimum Gasteiger partial charge on any atom is -0.294 e. The highest BCUT2D eigenvalue weighted by atomic mass is 35.5. The molecule has 1 saturated carbocycles. The van der Waals surface area contributed by atoms with Crippen molar-refractivity contribution in [2.75, 3.05) is 0 Å². The molecule has 0 radical (unpaired) electrons. The molecule has 2 aliphatic rings. The van der Waals surface area contributed by atoms with Gasteiger partial charge in [0.1, 0.15) is 5.57 Å². The molecule has 8 heteroatoms. The van der Waals surface area contributed by atoms with Crippen LogP contribution >= 0.6 is 11.6 Å². The molecule has 1 N–H and O–H groups in total. The van der Waals surface area contributed by atoms with Gasteiger partial charge in [-0.05, 0) is 43.5 Å². The van der Waals surface area contributed by atoms with E-state index in [1.165, 1.54) is 9.58 Å². The fourth-order valence-corrected chi connectivity index (χ4v) is 5.11. The predicted octanol–water partition coefficient (Wildman–Crippen LogP) is 3.74. The summed E-state index contributed by atoms with van der Waals surface area (Å²) in [6.45, 7) is 1.91. The number of rotatable bonds is 5. The van der Waals surface area contributed by atoms with E-state index in [2.05, 4.69) is 5.10 Å². The van der Waals surface area contributed by atoms with Gasteiger partial charge in [0.15, 0.2) is 12.4 Å². The lowest BCUT2D eigenvalue weighted by Gasteiger charge is -2.29. The number of pyridine rings is 1. The highest BCUT2D eigenvalue weighted by molar-refractivity contribution is 6.44. The molecule has 1 fully saturated rings. The number of carbonyl (C=O) groups excluding carboxylic acids is 2. The third-order valence-electron chi connectivity index (χ3n) is 6.66. The summed E-state index contributed by atoms with van der Waals surface area (Å²) >= 11 is 6.02. The molecule has 3 heterocycles. The molecule has 34 heavy (non-hydrogen) atoms. The number of halogens is 1. The van der Waals surface area contributed by atoms with E-state index in [-0.39, 0.29) is 34.3 Å². The van der Waals surface area contributed by atoms with Gasteiger partial charge in [0.25, 0.3) is 17.2 Å². The van der Waals surface area contributed by atoms with E-state index in [4.69, 9.17) is 11.6 Å². The number of H-pyrrole nitrogens is 1. The van der Waals surface area contributed by atoms with E-state index in [0.29, 0.717) is 22.8 Å². The van der Waals surface area contributed by atoms with Crippen molar-refractivity contribution in [3.05, 3.63) is 81.5 Å². The number of amides is 2. The van der Waals surface area contributed by atoms with E-state index in [1.54, 1.807) is 53.4 Å². The fraction of sp³-hybridized carbons (Fsp3) is 0.308. The Morgan fingerprint density at radius 1 is 0.971 bits per heavy atom. The second-order valence-electron chi connectivity index (χ2n) is 8.71. The molecule has 5 rings (SSSR count). The number of hydrogen-bond acceptors (Lipinski definition) is 3. The second kappa shape index (κ2) is 9.06. The van der Waals surface area contributed by atoms with Crippen molar-refractivity contribution >= 4 is 34.7 Å². The van der Waals surface area contributed by atoms with Crippen molar-refractivity contribution < 1.29 is 14.2 Å². The van der Waals surface area contributed by atoms with Crippen molar-refractivity contribution in [3.63, 3.8) is 0 Å². The first-order chi connectivity index (χ1) is 16.5. The number of benzene rings is 1. The van der Waals surface area contributed by atoms with Crippen LogP contribution in [0, 0.1) is 0 Å². The second-order valence-corrected chi connectivity index (χ2v) is 9.15. The molecular weight excluding hydrogens is 452 g/mol. The summed E-state index contributed by atoms with van der Waals surface area (Å²) in [5, 5.41) is 3.71. The van der Waals surface area contributed by atoms with Crippen LogP contribution in [0.2, 0.25) is 5.02 Å². The summed E-state index contributed by atoms with van der Waals surface area (Å²) in [6, 6.07) is 12.2. The van der Waals surface area contributed by atoms with E-state index < -0.39 is 5.91 Å². The van der Waals surface area contributed by atoms with Gasteiger partial charge in [0.05, 0.1) is 11.3 Å². The quantitative estimate of drug-likeness (QED) is 0.449. The van der Waals surface area contributed by atoms with Crippen LogP contribution in [0.25, 0.3) is 17.0 Å². The molecule has 1 aromatic carbocycles. The molecule has 1 aliphatic carbocycles. The summed E-state index contributed by atoms with van der Waals surface area (Å²) < 4.78 is 3.06. The normalized spacial score (nSPS) is 17.2. The van der Waals surface area contributed by atoms with Crippen LogP contribution in [0.15, 0.2) is 59.7 Å². The lowest BCUT2D eigenvalue weighted by atomic mass is 9.94. The summed E-state index contributed by atoms with van der Waals surface area (Å²) in [4.78, 5) is 42.7. The summed E-state index contributed by atoms with van der Waals surface area (Å²) in [7, 11) is 0. The van der Waals surface area contributed by atoms with E-state index in [0.717, 1.165) is 32.1 Å². The first-order valence-corrected chi connectivity index (χ1v) is 12.1. The van der Waals surface area contributed by atoms with Gasteiger partial charge >= 0.3 is 5.91 Å². The van der Waals surface area contributed by atoms with Crippen molar-refractivity contribution in [2.24, 2.45) is 0 Å². The number of carbonyl (C=O) groups is 2. The van der Waals surface area contributed by atoms with Gasteiger partial charge in [-0.15, -0.1) is 0 Å². The van der Waals surface area contributed by atoms with Crippen molar-refractivity contribution in [1.29, 1.82) is 0 Å². The monoisotopic (exact) mass is 477 g/mol. The molecule has 0 atom stereocenters. The number of nitrogens with one attached hydrogen (secondary N) is 1. The summed E-state index contributed by atoms with van der Waals surface area (Å²) in [5.41, 5.74) is 1.49. The van der Waals surface area contributed by atoms with Crippen molar-refractivity contribution in [2.45, 2.75) is 51.5 Å². The minimum atomic E-state index is -0.391. The van der Waals surface area contributed by atoms with Crippen molar-refractivity contribution in [1.82, 2.24) is 14.7 Å².